The number of carbonyl (C=O) groups is 1. The summed E-state index contributed by atoms with van der Waals surface area (Å²) in [5.74, 6) is 0.977. The van der Waals surface area contributed by atoms with Crippen LogP contribution >= 0.6 is 0 Å². The molecule has 6 nitrogen and oxygen atoms in total. The summed E-state index contributed by atoms with van der Waals surface area (Å²) in [4.78, 5) is 11.5. The Morgan fingerprint density at radius 1 is 1.32 bits per heavy atom. The lowest BCUT2D eigenvalue weighted by molar-refractivity contribution is -0.142. The van der Waals surface area contributed by atoms with Gasteiger partial charge in [0.1, 0.15) is 0 Å². The lowest BCUT2D eigenvalue weighted by Crippen LogP contribution is -2.28. The number of unbranched alkanes of at least 4 members (excludes halogenated alkanes) is 1. The van der Waals surface area contributed by atoms with Gasteiger partial charge in [-0.1, -0.05) is 40.0 Å². The van der Waals surface area contributed by atoms with Crippen molar-refractivity contribution < 1.29 is 9.90 Å². The minimum Gasteiger partial charge on any atom is -0.480 e. The summed E-state index contributed by atoms with van der Waals surface area (Å²) in [6, 6.07) is -0.678. The largest absolute Gasteiger partial charge is 0.480 e. The fourth-order valence-electron chi connectivity index (χ4n) is 3.54. The monoisotopic (exact) mass is 308 g/mol. The highest BCUT2D eigenvalue weighted by atomic mass is 16.4. The normalized spacial score (nSPS) is 23.6. The molecule has 1 atom stereocenters. The topological polar surface area (TPSA) is 80.9 Å². The molecule has 1 saturated carbocycles. The van der Waals surface area contributed by atoms with E-state index in [1.165, 1.54) is 32.1 Å². The van der Waals surface area contributed by atoms with E-state index in [-0.39, 0.29) is 5.92 Å². The number of tetrazole rings is 1. The van der Waals surface area contributed by atoms with Crippen LogP contribution in [0.1, 0.15) is 83.5 Å². The van der Waals surface area contributed by atoms with Crippen LogP contribution in [0.3, 0.4) is 0 Å². The third kappa shape index (κ3) is 3.84. The van der Waals surface area contributed by atoms with E-state index < -0.39 is 12.0 Å². The number of carboxylic acids is 1. The number of nitrogens with zero attached hydrogens (tertiary/aromatic N) is 4. The van der Waals surface area contributed by atoms with E-state index in [1.807, 2.05) is 13.8 Å². The number of hydrogen-bond donors (Lipinski definition) is 1. The summed E-state index contributed by atoms with van der Waals surface area (Å²) >= 11 is 0. The molecule has 0 amide bonds. The van der Waals surface area contributed by atoms with Crippen LogP contribution in [0.15, 0.2) is 0 Å². The Bertz CT molecular complexity index is 478. The zero-order chi connectivity index (χ0) is 16.1. The second kappa shape index (κ2) is 7.70. The fourth-order valence-corrected chi connectivity index (χ4v) is 3.54. The van der Waals surface area contributed by atoms with Gasteiger partial charge in [0.25, 0.3) is 0 Å². The molecule has 0 spiro atoms. The first-order valence-corrected chi connectivity index (χ1v) is 8.55. The molecule has 1 aromatic rings. The highest BCUT2D eigenvalue weighted by Crippen LogP contribution is 2.37. The predicted octanol–water partition coefficient (Wildman–Crippen LogP) is 3.42. The maximum absolute atomic E-state index is 11.5. The van der Waals surface area contributed by atoms with E-state index in [4.69, 9.17) is 0 Å². The lowest BCUT2D eigenvalue weighted by Gasteiger charge is -2.28. The summed E-state index contributed by atoms with van der Waals surface area (Å²) in [5, 5.41) is 21.3. The summed E-state index contributed by atoms with van der Waals surface area (Å²) in [6.07, 6.45) is 8.43. The summed E-state index contributed by atoms with van der Waals surface area (Å²) < 4.78 is 1.55. The van der Waals surface area contributed by atoms with E-state index in [0.717, 1.165) is 24.6 Å². The molecule has 124 valence electrons. The Morgan fingerprint density at radius 3 is 2.55 bits per heavy atom. The molecule has 1 heterocycles. The maximum Gasteiger partial charge on any atom is 0.328 e. The molecule has 0 radical (unpaired) electrons. The van der Waals surface area contributed by atoms with Crippen LogP contribution in [0.5, 0.6) is 0 Å². The summed E-state index contributed by atoms with van der Waals surface area (Å²) in [7, 11) is 0. The Balaban J connectivity index is 2.06. The van der Waals surface area contributed by atoms with Gasteiger partial charge < -0.3 is 5.11 Å². The van der Waals surface area contributed by atoms with Crippen molar-refractivity contribution in [2.24, 2.45) is 11.8 Å². The SMILES string of the molecule is CCCCC1CCC(c2nnnn2C(C(=O)O)C(C)C)CC1. The van der Waals surface area contributed by atoms with Crippen LogP contribution in [0, 0.1) is 11.8 Å². The number of carboxylic acid groups (broad SMARTS) is 1. The number of rotatable bonds is 7. The quantitative estimate of drug-likeness (QED) is 0.834. The third-order valence-electron chi connectivity index (χ3n) is 4.84. The van der Waals surface area contributed by atoms with Crippen molar-refractivity contribution in [3.63, 3.8) is 0 Å². The van der Waals surface area contributed by atoms with Gasteiger partial charge in [-0.2, -0.15) is 0 Å². The first-order valence-electron chi connectivity index (χ1n) is 8.55. The molecule has 0 bridgehead atoms. The van der Waals surface area contributed by atoms with Crippen LogP contribution in [-0.4, -0.2) is 31.3 Å². The van der Waals surface area contributed by atoms with E-state index >= 15 is 0 Å². The second-order valence-corrected chi connectivity index (χ2v) is 6.87. The smallest absolute Gasteiger partial charge is 0.328 e. The van der Waals surface area contributed by atoms with Gasteiger partial charge >= 0.3 is 5.97 Å². The van der Waals surface area contributed by atoms with Crippen LogP contribution in [-0.2, 0) is 4.79 Å². The number of hydrogen-bond acceptors (Lipinski definition) is 4. The molecule has 1 N–H and O–H groups in total. The molecule has 1 fully saturated rings. The molecule has 1 aromatic heterocycles. The van der Waals surface area contributed by atoms with Crippen molar-refractivity contribution in [1.82, 2.24) is 20.2 Å². The molecular formula is C16H28N4O2. The maximum atomic E-state index is 11.5. The highest BCUT2D eigenvalue weighted by molar-refractivity contribution is 5.72. The van der Waals surface area contributed by atoms with E-state index in [0.29, 0.717) is 5.92 Å². The van der Waals surface area contributed by atoms with Crippen molar-refractivity contribution >= 4 is 5.97 Å². The summed E-state index contributed by atoms with van der Waals surface area (Å²) in [5.41, 5.74) is 0. The summed E-state index contributed by atoms with van der Waals surface area (Å²) in [6.45, 7) is 6.02. The van der Waals surface area contributed by atoms with E-state index in [1.54, 1.807) is 4.68 Å². The Kier molecular flexibility index (Phi) is 5.91. The molecule has 22 heavy (non-hydrogen) atoms. The van der Waals surface area contributed by atoms with Gasteiger partial charge in [-0.05, 0) is 47.9 Å². The van der Waals surface area contributed by atoms with Crippen LogP contribution in [0.4, 0.5) is 0 Å². The molecular weight excluding hydrogens is 280 g/mol. The van der Waals surface area contributed by atoms with Crippen molar-refractivity contribution in [2.45, 2.75) is 77.7 Å². The molecule has 0 aromatic carbocycles. The molecule has 0 saturated heterocycles. The van der Waals surface area contributed by atoms with Gasteiger partial charge in [0.05, 0.1) is 0 Å². The molecule has 1 unspecified atom stereocenters. The third-order valence-corrected chi connectivity index (χ3v) is 4.84. The number of aromatic nitrogens is 4. The van der Waals surface area contributed by atoms with Crippen LogP contribution in [0.2, 0.25) is 0 Å². The Labute approximate surface area is 132 Å². The minimum absolute atomic E-state index is 0.0411. The zero-order valence-electron chi connectivity index (χ0n) is 13.9. The predicted molar refractivity (Wildman–Crippen MR) is 83.6 cm³/mol. The average molecular weight is 308 g/mol. The van der Waals surface area contributed by atoms with Crippen molar-refractivity contribution in [2.75, 3.05) is 0 Å². The zero-order valence-corrected chi connectivity index (χ0v) is 13.9. The van der Waals surface area contributed by atoms with Gasteiger partial charge in [0.2, 0.25) is 0 Å². The second-order valence-electron chi connectivity index (χ2n) is 6.87. The van der Waals surface area contributed by atoms with E-state index in [2.05, 4.69) is 22.4 Å². The fraction of sp³-hybridized carbons (Fsp3) is 0.875. The van der Waals surface area contributed by atoms with Gasteiger partial charge in [0, 0.05) is 5.92 Å². The van der Waals surface area contributed by atoms with Crippen LogP contribution in [0.25, 0.3) is 0 Å². The average Bonchev–Trinajstić information content (AvgIpc) is 2.94. The Morgan fingerprint density at radius 2 is 2.00 bits per heavy atom. The standard InChI is InChI=1S/C16H28N4O2/c1-4-5-6-12-7-9-13(10-8-12)15-17-18-19-20(15)14(11(2)3)16(21)22/h11-14H,4-10H2,1-3H3,(H,21,22). The van der Waals surface area contributed by atoms with Crippen LogP contribution < -0.4 is 0 Å². The van der Waals surface area contributed by atoms with Crippen molar-refractivity contribution in [3.8, 4) is 0 Å². The Hall–Kier alpha value is -1.46. The van der Waals surface area contributed by atoms with Gasteiger partial charge in [-0.3, -0.25) is 0 Å². The van der Waals surface area contributed by atoms with Gasteiger partial charge in [-0.15, -0.1) is 5.10 Å². The minimum atomic E-state index is -0.861. The van der Waals surface area contributed by atoms with E-state index in [9.17, 15) is 9.90 Å². The van der Waals surface area contributed by atoms with Gasteiger partial charge in [-0.25, -0.2) is 9.48 Å². The van der Waals surface area contributed by atoms with Crippen molar-refractivity contribution in [3.05, 3.63) is 5.82 Å². The first-order chi connectivity index (χ1) is 10.5. The molecule has 6 heteroatoms. The lowest BCUT2D eigenvalue weighted by atomic mass is 9.79. The molecule has 1 aliphatic rings. The molecule has 1 aliphatic carbocycles. The van der Waals surface area contributed by atoms with Crippen molar-refractivity contribution in [1.29, 1.82) is 0 Å². The molecule has 0 aliphatic heterocycles. The number of aliphatic carboxylic acids is 1. The van der Waals surface area contributed by atoms with Gasteiger partial charge in [0.15, 0.2) is 11.9 Å². The first kappa shape index (κ1) is 16.9. The molecule has 2 rings (SSSR count). The highest BCUT2D eigenvalue weighted by Gasteiger charge is 2.32.